The van der Waals surface area contributed by atoms with Crippen molar-refractivity contribution in [3.8, 4) is 0 Å². The Balaban J connectivity index is 2.84. The number of rotatable bonds is 0. The number of amidine groups is 1. The molecule has 0 saturated carbocycles. The Morgan fingerprint density at radius 2 is 1.92 bits per heavy atom. The number of nitrogens with zero attached hydrogens (tertiary/aromatic N) is 1. The van der Waals surface area contributed by atoms with Crippen molar-refractivity contribution in [1.82, 2.24) is 5.43 Å². The van der Waals surface area contributed by atoms with Crippen LogP contribution >= 0.6 is 0 Å². The molecule has 1 aliphatic rings. The number of nitrogens with one attached hydrogen (secondary N) is 1. The molecule has 1 rings (SSSR count). The number of aliphatic hydroxyl groups excluding tert-OH is 3. The molecule has 0 aliphatic carbocycles. The Morgan fingerprint density at radius 1 is 1.33 bits per heavy atom. The molecule has 0 bridgehead atoms. The molecular weight excluding hydrogens is 162 g/mol. The average molecular weight is 175 g/mol. The predicted molar refractivity (Wildman–Crippen MR) is 42.2 cm³/mol. The Bertz CT molecular complexity index is 196. The van der Waals surface area contributed by atoms with Crippen molar-refractivity contribution in [1.29, 1.82) is 0 Å². The normalized spacial score (nSPS) is 42.2. The molecule has 6 N–H and O–H groups in total. The standard InChI is InChI=1S/C6H13N3O3/c1-2-3(10)4(11)5(12)6(8-2)9-7/h2-5,10-12H,7H2,1H3,(H,8,9)/t2-,3+,4+,5-/m0/s1. The largest absolute Gasteiger partial charge is 0.388 e. The first-order valence-electron chi connectivity index (χ1n) is 3.66. The number of hydrogen-bond acceptors (Lipinski definition) is 6. The van der Waals surface area contributed by atoms with Crippen LogP contribution in [0.5, 0.6) is 0 Å². The van der Waals surface area contributed by atoms with Crippen molar-refractivity contribution in [2.24, 2.45) is 10.8 Å². The van der Waals surface area contributed by atoms with E-state index in [9.17, 15) is 15.3 Å². The van der Waals surface area contributed by atoms with Gasteiger partial charge in [-0.1, -0.05) is 0 Å². The van der Waals surface area contributed by atoms with Crippen LogP contribution < -0.4 is 11.3 Å². The van der Waals surface area contributed by atoms with Gasteiger partial charge in [0.05, 0.1) is 6.04 Å². The molecule has 0 spiro atoms. The van der Waals surface area contributed by atoms with E-state index in [0.29, 0.717) is 0 Å². The summed E-state index contributed by atoms with van der Waals surface area (Å²) in [6, 6.07) is -0.463. The summed E-state index contributed by atoms with van der Waals surface area (Å²) < 4.78 is 0. The molecular formula is C6H13N3O3. The molecule has 0 amide bonds. The van der Waals surface area contributed by atoms with Gasteiger partial charge in [-0.3, -0.25) is 4.99 Å². The average Bonchev–Trinajstić information content (AvgIpc) is 2.08. The molecule has 1 aliphatic heterocycles. The van der Waals surface area contributed by atoms with E-state index in [0.717, 1.165) is 0 Å². The molecule has 1 heterocycles. The number of nitrogens with two attached hydrogens (primary N) is 1. The highest BCUT2D eigenvalue weighted by molar-refractivity contribution is 5.87. The monoisotopic (exact) mass is 175 g/mol. The Labute approximate surface area is 69.7 Å². The van der Waals surface area contributed by atoms with Crippen molar-refractivity contribution in [2.75, 3.05) is 0 Å². The molecule has 6 heteroatoms. The van der Waals surface area contributed by atoms with E-state index in [4.69, 9.17) is 5.84 Å². The lowest BCUT2D eigenvalue weighted by atomic mass is 9.98. The summed E-state index contributed by atoms with van der Waals surface area (Å²) in [5.74, 6) is 5.13. The molecule has 70 valence electrons. The quantitative estimate of drug-likeness (QED) is 0.204. The molecule has 0 aromatic carbocycles. The molecule has 0 aromatic rings. The van der Waals surface area contributed by atoms with Gasteiger partial charge in [0, 0.05) is 0 Å². The van der Waals surface area contributed by atoms with Crippen molar-refractivity contribution < 1.29 is 15.3 Å². The first kappa shape index (κ1) is 9.40. The van der Waals surface area contributed by atoms with Gasteiger partial charge in [0.15, 0.2) is 0 Å². The fourth-order valence-corrected chi connectivity index (χ4v) is 1.13. The van der Waals surface area contributed by atoms with E-state index >= 15 is 0 Å². The van der Waals surface area contributed by atoms with Gasteiger partial charge < -0.3 is 20.7 Å². The molecule has 4 atom stereocenters. The third-order valence-corrected chi connectivity index (χ3v) is 1.94. The maximum atomic E-state index is 9.24. The topological polar surface area (TPSA) is 111 Å². The maximum absolute atomic E-state index is 9.24. The lowest BCUT2D eigenvalue weighted by molar-refractivity contribution is -0.0504. The van der Waals surface area contributed by atoms with Crippen LogP contribution in [0.1, 0.15) is 6.92 Å². The van der Waals surface area contributed by atoms with Crippen molar-refractivity contribution in [3.05, 3.63) is 0 Å². The molecule has 0 saturated heterocycles. The van der Waals surface area contributed by atoms with Gasteiger partial charge in [-0.15, -0.1) is 0 Å². The fraction of sp³-hybridized carbons (Fsp3) is 0.833. The zero-order chi connectivity index (χ0) is 9.30. The lowest BCUT2D eigenvalue weighted by Gasteiger charge is -2.31. The number of hydrazine groups is 1. The third kappa shape index (κ3) is 1.42. The Kier molecular flexibility index (Phi) is 2.63. The molecule has 0 fully saturated rings. The summed E-state index contributed by atoms with van der Waals surface area (Å²) in [5.41, 5.74) is 2.16. The zero-order valence-corrected chi connectivity index (χ0v) is 6.68. The van der Waals surface area contributed by atoms with Gasteiger partial charge >= 0.3 is 0 Å². The van der Waals surface area contributed by atoms with Gasteiger partial charge in [-0.05, 0) is 6.92 Å². The number of hydrogen-bond donors (Lipinski definition) is 5. The van der Waals surface area contributed by atoms with Gasteiger partial charge in [-0.25, -0.2) is 5.84 Å². The minimum Gasteiger partial charge on any atom is -0.388 e. The van der Waals surface area contributed by atoms with Gasteiger partial charge in [0.2, 0.25) is 0 Å². The fourth-order valence-electron chi connectivity index (χ4n) is 1.13. The van der Waals surface area contributed by atoms with Gasteiger partial charge in [-0.2, -0.15) is 0 Å². The van der Waals surface area contributed by atoms with Crippen LogP contribution in [0.15, 0.2) is 4.99 Å². The molecule has 0 aromatic heterocycles. The summed E-state index contributed by atoms with van der Waals surface area (Å²) in [5, 5.41) is 27.7. The molecule has 0 radical (unpaired) electrons. The highest BCUT2D eigenvalue weighted by Crippen LogP contribution is 2.14. The van der Waals surface area contributed by atoms with Gasteiger partial charge in [0.25, 0.3) is 0 Å². The van der Waals surface area contributed by atoms with Crippen molar-refractivity contribution >= 4 is 5.84 Å². The number of aliphatic hydroxyl groups is 3. The summed E-state index contributed by atoms with van der Waals surface area (Å²) in [6.45, 7) is 1.62. The first-order chi connectivity index (χ1) is 5.57. The first-order valence-corrected chi connectivity index (χ1v) is 3.66. The third-order valence-electron chi connectivity index (χ3n) is 1.94. The van der Waals surface area contributed by atoms with Crippen LogP contribution in [0.2, 0.25) is 0 Å². The maximum Gasteiger partial charge on any atom is 0.143 e. The summed E-state index contributed by atoms with van der Waals surface area (Å²) in [6.07, 6.45) is -3.51. The minimum atomic E-state index is -1.24. The van der Waals surface area contributed by atoms with Crippen LogP contribution in [-0.4, -0.2) is 45.5 Å². The molecule has 0 unspecified atom stereocenters. The SMILES string of the molecule is C[C@@H]1N=C(NN)[C@@H](O)[C@H](O)[C@@H]1O. The van der Waals surface area contributed by atoms with E-state index < -0.39 is 24.4 Å². The smallest absolute Gasteiger partial charge is 0.143 e. The molecule has 12 heavy (non-hydrogen) atoms. The van der Waals surface area contributed by atoms with Gasteiger partial charge in [0.1, 0.15) is 24.1 Å². The summed E-state index contributed by atoms with van der Waals surface area (Å²) >= 11 is 0. The highest BCUT2D eigenvalue weighted by atomic mass is 16.4. The van der Waals surface area contributed by atoms with E-state index in [-0.39, 0.29) is 5.84 Å². The van der Waals surface area contributed by atoms with Crippen LogP contribution in [0.25, 0.3) is 0 Å². The second-order valence-corrected chi connectivity index (χ2v) is 2.83. The van der Waals surface area contributed by atoms with E-state index in [1.54, 1.807) is 6.92 Å². The molecule has 6 nitrogen and oxygen atoms in total. The minimum absolute atomic E-state index is 0.0975. The van der Waals surface area contributed by atoms with Crippen LogP contribution in [0, 0.1) is 0 Å². The van der Waals surface area contributed by atoms with E-state index in [1.807, 2.05) is 0 Å². The van der Waals surface area contributed by atoms with E-state index in [1.165, 1.54) is 0 Å². The Hall–Kier alpha value is -0.690. The van der Waals surface area contributed by atoms with Crippen LogP contribution in [0.3, 0.4) is 0 Å². The van der Waals surface area contributed by atoms with Crippen LogP contribution in [-0.2, 0) is 0 Å². The number of aliphatic imine (C=N–C) groups is 1. The van der Waals surface area contributed by atoms with Crippen LogP contribution in [0.4, 0.5) is 0 Å². The lowest BCUT2D eigenvalue weighted by Crippen LogP contribution is -2.56. The van der Waals surface area contributed by atoms with Crippen molar-refractivity contribution in [3.63, 3.8) is 0 Å². The van der Waals surface area contributed by atoms with E-state index in [2.05, 4.69) is 10.4 Å². The highest BCUT2D eigenvalue weighted by Gasteiger charge is 2.36. The zero-order valence-electron chi connectivity index (χ0n) is 6.68. The predicted octanol–water partition coefficient (Wildman–Crippen LogP) is -2.67. The Morgan fingerprint density at radius 3 is 2.42 bits per heavy atom. The second-order valence-electron chi connectivity index (χ2n) is 2.83. The van der Waals surface area contributed by atoms with Crippen molar-refractivity contribution in [2.45, 2.75) is 31.3 Å². The summed E-state index contributed by atoms with van der Waals surface area (Å²) in [4.78, 5) is 3.83. The second kappa shape index (κ2) is 3.36. The summed E-state index contributed by atoms with van der Waals surface area (Å²) in [7, 11) is 0.